The van der Waals surface area contributed by atoms with E-state index in [0.29, 0.717) is 5.92 Å². The van der Waals surface area contributed by atoms with Gasteiger partial charge in [-0.25, -0.2) is 9.59 Å². The first-order valence-corrected chi connectivity index (χ1v) is 6.64. The van der Waals surface area contributed by atoms with Crippen molar-refractivity contribution < 1.29 is 19.4 Å². The third-order valence-electron chi connectivity index (χ3n) is 3.88. The Balaban J connectivity index is 2.72. The number of aliphatic carboxylic acids is 1. The molecule has 0 spiro atoms. The average molecular weight is 254 g/mol. The first-order valence-electron chi connectivity index (χ1n) is 6.64. The second-order valence-electron chi connectivity index (χ2n) is 5.03. The third-order valence-corrected chi connectivity index (χ3v) is 3.88. The number of ether oxygens (including phenoxy) is 1. The molecule has 1 unspecified atom stereocenters. The molecular weight excluding hydrogens is 232 g/mol. The Morgan fingerprint density at radius 1 is 1.28 bits per heavy atom. The number of rotatable bonds is 5. The molecule has 1 aliphatic rings. The summed E-state index contributed by atoms with van der Waals surface area (Å²) in [5.41, 5.74) is -0.396. The predicted octanol–water partition coefficient (Wildman–Crippen LogP) is 2.92. The molecule has 4 nitrogen and oxygen atoms in total. The number of hydrogen-bond acceptors (Lipinski definition) is 3. The highest BCUT2D eigenvalue weighted by Gasteiger charge is 2.39. The maximum Gasteiger partial charge on any atom is 0.331 e. The zero-order chi connectivity index (χ0) is 13.6. The van der Waals surface area contributed by atoms with Gasteiger partial charge in [0.2, 0.25) is 0 Å². The van der Waals surface area contributed by atoms with E-state index in [0.717, 1.165) is 44.3 Å². The van der Waals surface area contributed by atoms with Crippen LogP contribution in [0.15, 0.2) is 12.2 Å². The molecule has 1 aliphatic carbocycles. The standard InChI is InChI=1S/C14H22O4/c1-3-11(2)14(9-5-4-6-10-14)18-13(17)8-7-12(15)16/h7-8,11H,3-6,9-10H2,1-2H3,(H,15,16). The normalized spacial score (nSPS) is 20.6. The summed E-state index contributed by atoms with van der Waals surface area (Å²) >= 11 is 0. The molecule has 1 N–H and O–H groups in total. The minimum atomic E-state index is -1.13. The molecule has 18 heavy (non-hydrogen) atoms. The number of carbonyl (C=O) groups excluding carboxylic acids is 1. The van der Waals surface area contributed by atoms with Crippen LogP contribution >= 0.6 is 0 Å². The Kier molecular flexibility index (Phi) is 5.38. The van der Waals surface area contributed by atoms with Crippen molar-refractivity contribution >= 4 is 11.9 Å². The van der Waals surface area contributed by atoms with E-state index < -0.39 is 17.5 Å². The molecule has 0 bridgehead atoms. The number of carbonyl (C=O) groups is 2. The molecule has 0 aromatic heterocycles. The van der Waals surface area contributed by atoms with Crippen LogP contribution in [-0.2, 0) is 14.3 Å². The smallest absolute Gasteiger partial charge is 0.331 e. The van der Waals surface area contributed by atoms with Crippen molar-refractivity contribution in [2.75, 3.05) is 0 Å². The second-order valence-corrected chi connectivity index (χ2v) is 5.03. The molecular formula is C14H22O4. The Hall–Kier alpha value is -1.32. The largest absolute Gasteiger partial charge is 0.478 e. The van der Waals surface area contributed by atoms with Crippen LogP contribution in [0.1, 0.15) is 52.4 Å². The van der Waals surface area contributed by atoms with Crippen molar-refractivity contribution in [1.29, 1.82) is 0 Å². The first kappa shape index (κ1) is 14.7. The highest BCUT2D eigenvalue weighted by molar-refractivity contribution is 5.90. The van der Waals surface area contributed by atoms with Crippen LogP contribution in [0.25, 0.3) is 0 Å². The van der Waals surface area contributed by atoms with Gasteiger partial charge in [-0.1, -0.05) is 20.3 Å². The van der Waals surface area contributed by atoms with E-state index in [-0.39, 0.29) is 0 Å². The number of esters is 1. The molecule has 0 amide bonds. The minimum absolute atomic E-state index is 0.306. The fourth-order valence-corrected chi connectivity index (χ4v) is 2.59. The van der Waals surface area contributed by atoms with E-state index in [2.05, 4.69) is 13.8 Å². The molecule has 102 valence electrons. The van der Waals surface area contributed by atoms with Crippen LogP contribution in [0.4, 0.5) is 0 Å². The van der Waals surface area contributed by atoms with E-state index in [4.69, 9.17) is 9.84 Å². The summed E-state index contributed by atoms with van der Waals surface area (Å²) in [5.74, 6) is -1.37. The van der Waals surface area contributed by atoms with E-state index in [9.17, 15) is 9.59 Å². The van der Waals surface area contributed by atoms with Crippen LogP contribution in [0, 0.1) is 5.92 Å². The summed E-state index contributed by atoms with van der Waals surface area (Å²) < 4.78 is 5.59. The van der Waals surface area contributed by atoms with Crippen molar-refractivity contribution in [2.24, 2.45) is 5.92 Å². The van der Waals surface area contributed by atoms with Gasteiger partial charge < -0.3 is 9.84 Å². The van der Waals surface area contributed by atoms with Gasteiger partial charge in [-0.05, 0) is 38.0 Å². The molecule has 1 atom stereocenters. The van der Waals surface area contributed by atoms with E-state index >= 15 is 0 Å². The van der Waals surface area contributed by atoms with Crippen molar-refractivity contribution in [3.8, 4) is 0 Å². The lowest BCUT2D eigenvalue weighted by Crippen LogP contribution is -2.42. The average Bonchev–Trinajstić information content (AvgIpc) is 2.36. The van der Waals surface area contributed by atoms with Crippen LogP contribution in [-0.4, -0.2) is 22.6 Å². The van der Waals surface area contributed by atoms with Crippen LogP contribution < -0.4 is 0 Å². The third kappa shape index (κ3) is 3.86. The van der Waals surface area contributed by atoms with Crippen LogP contribution in [0.2, 0.25) is 0 Å². The summed E-state index contributed by atoms with van der Waals surface area (Å²) in [4.78, 5) is 22.0. The molecule has 1 fully saturated rings. The van der Waals surface area contributed by atoms with Gasteiger partial charge in [-0.15, -0.1) is 0 Å². The number of carboxylic acid groups (broad SMARTS) is 1. The highest BCUT2D eigenvalue weighted by Crippen LogP contribution is 2.39. The Labute approximate surface area is 108 Å². The Bertz CT molecular complexity index is 327. The molecule has 0 heterocycles. The fraction of sp³-hybridized carbons (Fsp3) is 0.714. The predicted molar refractivity (Wildman–Crippen MR) is 68.1 cm³/mol. The maximum absolute atomic E-state index is 11.7. The van der Waals surface area contributed by atoms with Gasteiger partial charge in [-0.2, -0.15) is 0 Å². The molecule has 0 saturated heterocycles. The molecule has 4 heteroatoms. The van der Waals surface area contributed by atoms with Crippen LogP contribution in [0.5, 0.6) is 0 Å². The van der Waals surface area contributed by atoms with Gasteiger partial charge >= 0.3 is 11.9 Å². The lowest BCUT2D eigenvalue weighted by Gasteiger charge is -2.41. The molecule has 0 aromatic rings. The molecule has 0 aromatic carbocycles. The zero-order valence-electron chi connectivity index (χ0n) is 11.1. The highest BCUT2D eigenvalue weighted by atomic mass is 16.6. The van der Waals surface area contributed by atoms with Gasteiger partial charge in [0, 0.05) is 12.2 Å². The summed E-state index contributed by atoms with van der Waals surface area (Å²) in [6, 6.07) is 0. The SMILES string of the molecule is CCC(C)C1(OC(=O)C=CC(=O)O)CCCCC1. The molecule has 0 aliphatic heterocycles. The number of hydrogen-bond donors (Lipinski definition) is 1. The van der Waals surface area contributed by atoms with E-state index in [1.54, 1.807) is 0 Å². The van der Waals surface area contributed by atoms with Gasteiger partial charge in [0.25, 0.3) is 0 Å². The lowest BCUT2D eigenvalue weighted by atomic mass is 9.75. The van der Waals surface area contributed by atoms with Crippen molar-refractivity contribution in [3.63, 3.8) is 0 Å². The Morgan fingerprint density at radius 3 is 2.39 bits per heavy atom. The van der Waals surface area contributed by atoms with Crippen LogP contribution in [0.3, 0.4) is 0 Å². The topological polar surface area (TPSA) is 63.6 Å². The van der Waals surface area contributed by atoms with Gasteiger partial charge in [-0.3, -0.25) is 0 Å². The molecule has 1 saturated carbocycles. The van der Waals surface area contributed by atoms with Crippen molar-refractivity contribution in [2.45, 2.75) is 58.0 Å². The summed E-state index contributed by atoms with van der Waals surface area (Å²) in [6.45, 7) is 4.18. The van der Waals surface area contributed by atoms with Gasteiger partial charge in [0.15, 0.2) is 0 Å². The zero-order valence-corrected chi connectivity index (χ0v) is 11.1. The number of carboxylic acids is 1. The van der Waals surface area contributed by atoms with Gasteiger partial charge in [0.1, 0.15) is 5.60 Å². The van der Waals surface area contributed by atoms with E-state index in [1.807, 2.05) is 0 Å². The summed E-state index contributed by atoms with van der Waals surface area (Å²) in [6.07, 6.45) is 7.87. The quantitative estimate of drug-likeness (QED) is 0.605. The molecule has 0 radical (unpaired) electrons. The van der Waals surface area contributed by atoms with E-state index in [1.165, 1.54) is 6.42 Å². The first-order chi connectivity index (χ1) is 8.50. The summed E-state index contributed by atoms with van der Waals surface area (Å²) in [5, 5.41) is 8.49. The fourth-order valence-electron chi connectivity index (χ4n) is 2.59. The monoisotopic (exact) mass is 254 g/mol. The minimum Gasteiger partial charge on any atom is -0.478 e. The van der Waals surface area contributed by atoms with Crippen molar-refractivity contribution in [3.05, 3.63) is 12.2 Å². The van der Waals surface area contributed by atoms with Crippen molar-refractivity contribution in [1.82, 2.24) is 0 Å². The second kappa shape index (κ2) is 6.57. The Morgan fingerprint density at radius 2 is 1.89 bits per heavy atom. The maximum atomic E-state index is 11.7. The van der Waals surface area contributed by atoms with Gasteiger partial charge in [0.05, 0.1) is 0 Å². The molecule has 1 rings (SSSR count). The lowest BCUT2D eigenvalue weighted by molar-refractivity contribution is -0.164. The summed E-state index contributed by atoms with van der Waals surface area (Å²) in [7, 11) is 0.